The lowest BCUT2D eigenvalue weighted by molar-refractivity contribution is -0.138. The number of amides is 2. The molecule has 0 aromatic heterocycles. The summed E-state index contributed by atoms with van der Waals surface area (Å²) in [5.41, 5.74) is 6.82. The summed E-state index contributed by atoms with van der Waals surface area (Å²) in [7, 11) is 0. The van der Waals surface area contributed by atoms with Gasteiger partial charge in [-0.1, -0.05) is 61.3 Å². The second-order valence-electron chi connectivity index (χ2n) is 11.2. The Bertz CT molecular complexity index is 1480. The molecule has 0 radical (unpaired) electrons. The topological polar surface area (TPSA) is 61.4 Å². The molecule has 1 aliphatic heterocycles. The first-order valence-electron chi connectivity index (χ1n) is 14.5. The van der Waals surface area contributed by atoms with Crippen molar-refractivity contribution in [3.05, 3.63) is 87.4 Å². The molecule has 0 bridgehead atoms. The number of carbonyl (C=O) groups excluding carboxylic acids is 2. The highest BCUT2D eigenvalue weighted by molar-refractivity contribution is 6.31. The van der Waals surface area contributed by atoms with Gasteiger partial charge in [0.05, 0.1) is 5.92 Å². The van der Waals surface area contributed by atoms with E-state index in [-0.39, 0.29) is 11.9 Å². The van der Waals surface area contributed by atoms with E-state index in [1.54, 1.807) is 12.1 Å². The zero-order valence-corrected chi connectivity index (χ0v) is 24.5. The summed E-state index contributed by atoms with van der Waals surface area (Å²) in [5.74, 6) is -1.57. The molecule has 2 aliphatic rings. The second-order valence-corrected chi connectivity index (χ2v) is 11.6. The van der Waals surface area contributed by atoms with Crippen LogP contribution in [0, 0.1) is 6.92 Å². The average Bonchev–Trinajstić information content (AvgIpc) is 3.30. The van der Waals surface area contributed by atoms with E-state index in [4.69, 9.17) is 11.6 Å². The van der Waals surface area contributed by atoms with Gasteiger partial charge in [0.1, 0.15) is 6.54 Å². The van der Waals surface area contributed by atoms with Gasteiger partial charge in [0.2, 0.25) is 5.91 Å². The Morgan fingerprint density at radius 1 is 1.02 bits per heavy atom. The molecule has 2 N–H and O–H groups in total. The number of hydrogen-bond acceptors (Lipinski definition) is 3. The number of carbonyl (C=O) groups is 2. The van der Waals surface area contributed by atoms with Crippen LogP contribution in [-0.4, -0.2) is 43.7 Å². The minimum absolute atomic E-state index is 0.00537. The monoisotopic (exact) mass is 597 g/mol. The summed E-state index contributed by atoms with van der Waals surface area (Å²) < 4.78 is 39.1. The number of piperidine rings is 1. The van der Waals surface area contributed by atoms with Crippen molar-refractivity contribution in [1.82, 2.24) is 10.6 Å². The average molecular weight is 598 g/mol. The van der Waals surface area contributed by atoms with Gasteiger partial charge in [-0.25, -0.2) is 0 Å². The summed E-state index contributed by atoms with van der Waals surface area (Å²) >= 11 is 6.12. The highest BCUT2D eigenvalue weighted by Crippen LogP contribution is 2.49. The van der Waals surface area contributed by atoms with Crippen molar-refractivity contribution in [2.45, 2.75) is 64.1 Å². The van der Waals surface area contributed by atoms with Crippen molar-refractivity contribution < 1.29 is 22.8 Å². The van der Waals surface area contributed by atoms with E-state index >= 15 is 0 Å². The van der Waals surface area contributed by atoms with Gasteiger partial charge in [-0.15, -0.1) is 0 Å². The Balaban J connectivity index is 1.41. The van der Waals surface area contributed by atoms with Gasteiger partial charge in [-0.05, 0) is 84.2 Å². The number of unbranched alkanes of at least 4 members (excludes halogenated alkanes) is 1. The number of nitrogens with one attached hydrogen (secondary N) is 2. The van der Waals surface area contributed by atoms with E-state index in [1.165, 1.54) is 0 Å². The molecule has 222 valence electrons. The van der Waals surface area contributed by atoms with E-state index in [9.17, 15) is 22.8 Å². The number of nitrogens with zero attached hydrogens (tertiary/aromatic N) is 1. The van der Waals surface area contributed by atoms with Gasteiger partial charge in [-0.3, -0.25) is 9.59 Å². The minimum atomic E-state index is -4.49. The Kier molecular flexibility index (Phi) is 8.83. The fraction of sp³-hybridized carbons (Fsp3) is 0.394. The highest BCUT2D eigenvalue weighted by Gasteiger charge is 2.39. The molecule has 1 fully saturated rings. The third-order valence-electron chi connectivity index (χ3n) is 8.30. The van der Waals surface area contributed by atoms with Crippen LogP contribution in [0.15, 0.2) is 54.6 Å². The van der Waals surface area contributed by atoms with Gasteiger partial charge in [0.15, 0.2) is 0 Å². The zero-order chi connectivity index (χ0) is 30.0. The largest absolute Gasteiger partial charge is 0.405 e. The molecule has 42 heavy (non-hydrogen) atoms. The molecule has 5 nitrogen and oxygen atoms in total. The van der Waals surface area contributed by atoms with Crippen LogP contribution in [-0.2, 0) is 11.2 Å². The smallest absolute Gasteiger partial charge is 0.371 e. The number of hydrogen-bond donors (Lipinski definition) is 2. The van der Waals surface area contributed by atoms with Crippen LogP contribution in [0.2, 0.25) is 5.02 Å². The normalized spacial score (nSPS) is 16.6. The first kappa shape index (κ1) is 30.0. The van der Waals surface area contributed by atoms with Crippen LogP contribution in [0.4, 0.5) is 18.9 Å². The lowest BCUT2D eigenvalue weighted by atomic mass is 9.88. The number of anilines is 1. The van der Waals surface area contributed by atoms with Gasteiger partial charge >= 0.3 is 6.18 Å². The number of alkyl halides is 3. The van der Waals surface area contributed by atoms with E-state index < -0.39 is 24.5 Å². The van der Waals surface area contributed by atoms with Crippen LogP contribution in [0.1, 0.15) is 71.1 Å². The number of rotatable bonds is 8. The van der Waals surface area contributed by atoms with Gasteiger partial charge in [0.25, 0.3) is 5.91 Å². The van der Waals surface area contributed by atoms with Crippen molar-refractivity contribution in [3.63, 3.8) is 0 Å². The molecular formula is C33H35ClF3N3O2. The Morgan fingerprint density at radius 2 is 1.76 bits per heavy atom. The van der Waals surface area contributed by atoms with E-state index in [1.807, 2.05) is 43.3 Å². The van der Waals surface area contributed by atoms with Crippen molar-refractivity contribution in [2.24, 2.45) is 0 Å². The van der Waals surface area contributed by atoms with Crippen LogP contribution >= 0.6 is 11.6 Å². The van der Waals surface area contributed by atoms with Crippen molar-refractivity contribution >= 4 is 29.1 Å². The zero-order valence-electron chi connectivity index (χ0n) is 23.8. The number of halogens is 4. The molecular weight excluding hydrogens is 563 g/mol. The lowest BCUT2D eigenvalue weighted by Crippen LogP contribution is -2.45. The predicted octanol–water partition coefficient (Wildman–Crippen LogP) is 7.18. The van der Waals surface area contributed by atoms with Gasteiger partial charge in [0, 0.05) is 35.4 Å². The molecule has 0 saturated carbocycles. The van der Waals surface area contributed by atoms with Gasteiger partial charge < -0.3 is 15.5 Å². The molecule has 9 heteroatoms. The van der Waals surface area contributed by atoms with Crippen LogP contribution in [0.3, 0.4) is 0 Å². The second kappa shape index (κ2) is 12.4. The third kappa shape index (κ3) is 6.28. The minimum Gasteiger partial charge on any atom is -0.371 e. The molecule has 1 atom stereocenters. The van der Waals surface area contributed by atoms with E-state index in [0.29, 0.717) is 23.7 Å². The molecule has 3 aromatic carbocycles. The number of benzene rings is 3. The molecule has 1 unspecified atom stereocenters. The maximum Gasteiger partial charge on any atom is 0.405 e. The lowest BCUT2D eigenvalue weighted by Gasteiger charge is -2.36. The Hall–Kier alpha value is -3.52. The SMILES string of the molecule is CCCCc1c(N2CCC(NC(=O)c3cc(Cl)ccc3C)CC2)ccc2c1C(C(=O)NCC(F)(F)F)c1ccccc1-2. The summed E-state index contributed by atoms with van der Waals surface area (Å²) in [6.07, 6.45) is -0.456. The molecule has 0 spiro atoms. The Labute approximate surface area is 249 Å². The third-order valence-corrected chi connectivity index (χ3v) is 8.54. The number of fused-ring (bicyclic) bond motifs is 3. The molecule has 1 saturated heterocycles. The number of aryl methyl sites for hydroxylation is 1. The summed E-state index contributed by atoms with van der Waals surface area (Å²) in [4.78, 5) is 28.6. The predicted molar refractivity (Wildman–Crippen MR) is 160 cm³/mol. The summed E-state index contributed by atoms with van der Waals surface area (Å²) in [5, 5.41) is 5.82. The fourth-order valence-corrected chi connectivity index (χ4v) is 6.38. The molecule has 1 heterocycles. The molecule has 2 amide bonds. The Morgan fingerprint density at radius 3 is 2.48 bits per heavy atom. The quantitative estimate of drug-likeness (QED) is 0.289. The summed E-state index contributed by atoms with van der Waals surface area (Å²) in [6, 6.07) is 16.9. The van der Waals surface area contributed by atoms with Crippen molar-refractivity contribution in [3.8, 4) is 11.1 Å². The van der Waals surface area contributed by atoms with E-state index in [0.717, 1.165) is 71.2 Å². The van der Waals surface area contributed by atoms with Gasteiger partial charge in [-0.2, -0.15) is 13.2 Å². The van der Waals surface area contributed by atoms with Crippen molar-refractivity contribution in [2.75, 3.05) is 24.5 Å². The van der Waals surface area contributed by atoms with Crippen molar-refractivity contribution in [1.29, 1.82) is 0 Å². The van der Waals surface area contributed by atoms with Crippen LogP contribution < -0.4 is 15.5 Å². The molecule has 5 rings (SSSR count). The molecule has 3 aromatic rings. The first-order valence-corrected chi connectivity index (χ1v) is 14.9. The van der Waals surface area contributed by atoms with E-state index in [2.05, 4.69) is 28.5 Å². The fourth-order valence-electron chi connectivity index (χ4n) is 6.21. The van der Waals surface area contributed by atoms with Crippen LogP contribution in [0.25, 0.3) is 11.1 Å². The van der Waals surface area contributed by atoms with Crippen LogP contribution in [0.5, 0.6) is 0 Å². The maximum absolute atomic E-state index is 13.4. The maximum atomic E-state index is 13.4. The first-order chi connectivity index (χ1) is 20.1. The summed E-state index contributed by atoms with van der Waals surface area (Å²) in [6.45, 7) is 4.03. The standard InChI is InChI=1S/C33H35ClF3N3O2/c1-3-4-7-26-28(40-16-14-22(15-17-40)39-31(41)27-18-21(34)11-10-20(27)2)13-12-25-23-8-5-6-9-24(23)30(29(25)26)32(42)38-19-33(35,36)37/h5-6,8-13,18,22,30H,3-4,7,14-17,19H2,1-2H3,(H,38,42)(H,39,41). The highest BCUT2D eigenvalue weighted by atomic mass is 35.5. The molecule has 1 aliphatic carbocycles.